The Bertz CT molecular complexity index is 539. The van der Waals surface area contributed by atoms with E-state index in [2.05, 4.69) is 21.2 Å². The van der Waals surface area contributed by atoms with E-state index in [0.717, 1.165) is 0 Å². The van der Waals surface area contributed by atoms with E-state index in [9.17, 15) is 14.7 Å². The largest absolute Gasteiger partial charge is 0.496 e. The number of hydrogen-bond donors (Lipinski definition) is 2. The summed E-state index contributed by atoms with van der Waals surface area (Å²) in [5.41, 5.74) is -0.390. The molecule has 21 heavy (non-hydrogen) atoms. The van der Waals surface area contributed by atoms with Gasteiger partial charge in [-0.05, 0) is 39.0 Å². The first-order valence-electron chi connectivity index (χ1n) is 6.20. The first-order chi connectivity index (χ1) is 9.64. The van der Waals surface area contributed by atoms with Crippen molar-refractivity contribution in [1.82, 2.24) is 5.32 Å². The number of methoxy groups -OCH3 is 1. The predicted molar refractivity (Wildman–Crippen MR) is 80.4 cm³/mol. The number of benzene rings is 1. The number of carboxylic acids is 1. The van der Waals surface area contributed by atoms with Gasteiger partial charge in [0, 0.05) is 10.0 Å². The van der Waals surface area contributed by atoms with E-state index < -0.39 is 23.7 Å². The molecule has 0 heterocycles. The van der Waals surface area contributed by atoms with Gasteiger partial charge in [-0.1, -0.05) is 15.9 Å². The number of hydrogen-bond acceptors (Lipinski definition) is 4. The molecule has 116 valence electrons. The molecule has 7 heteroatoms. The van der Waals surface area contributed by atoms with Crippen LogP contribution in [0.25, 0.3) is 0 Å². The number of rotatable bonds is 4. The summed E-state index contributed by atoms with van der Waals surface area (Å²) in [6.07, 6.45) is -0.808. The van der Waals surface area contributed by atoms with Gasteiger partial charge in [0.25, 0.3) is 0 Å². The lowest BCUT2D eigenvalue weighted by Crippen LogP contribution is -2.38. The molecule has 0 aromatic heterocycles. The van der Waals surface area contributed by atoms with E-state index in [-0.39, 0.29) is 0 Å². The smallest absolute Gasteiger partial charge is 0.408 e. The normalized spacial score (nSPS) is 12.4. The molecule has 0 aliphatic heterocycles. The second-order valence-corrected chi connectivity index (χ2v) is 6.22. The van der Waals surface area contributed by atoms with Crippen molar-refractivity contribution in [3.63, 3.8) is 0 Å². The summed E-state index contributed by atoms with van der Waals surface area (Å²) in [6.45, 7) is 5.09. The number of carboxylic acid groups (broad SMARTS) is 1. The van der Waals surface area contributed by atoms with Crippen molar-refractivity contribution in [3.8, 4) is 5.75 Å². The Kier molecular flexibility index (Phi) is 5.60. The van der Waals surface area contributed by atoms with Crippen LogP contribution in [0.1, 0.15) is 32.4 Å². The Balaban J connectivity index is 3.05. The molecule has 1 amide bonds. The minimum absolute atomic E-state index is 0.324. The van der Waals surface area contributed by atoms with Crippen LogP contribution in [0.3, 0.4) is 0 Å². The summed E-state index contributed by atoms with van der Waals surface area (Å²) < 4.78 is 10.9. The zero-order valence-corrected chi connectivity index (χ0v) is 13.9. The highest BCUT2D eigenvalue weighted by Crippen LogP contribution is 2.29. The van der Waals surface area contributed by atoms with Crippen molar-refractivity contribution in [2.45, 2.75) is 32.4 Å². The van der Waals surface area contributed by atoms with Crippen molar-refractivity contribution in [2.24, 2.45) is 0 Å². The van der Waals surface area contributed by atoms with Crippen LogP contribution < -0.4 is 10.1 Å². The average molecular weight is 360 g/mol. The van der Waals surface area contributed by atoms with Crippen molar-refractivity contribution < 1.29 is 24.2 Å². The van der Waals surface area contributed by atoms with Gasteiger partial charge in [-0.15, -0.1) is 0 Å². The lowest BCUT2D eigenvalue weighted by atomic mass is 10.1. The first-order valence-corrected chi connectivity index (χ1v) is 6.99. The van der Waals surface area contributed by atoms with Crippen LogP contribution in [-0.2, 0) is 9.53 Å². The third kappa shape index (κ3) is 5.26. The van der Waals surface area contributed by atoms with Crippen molar-refractivity contribution >= 4 is 28.0 Å². The topological polar surface area (TPSA) is 84.9 Å². The van der Waals surface area contributed by atoms with E-state index in [4.69, 9.17) is 9.47 Å². The van der Waals surface area contributed by atoms with E-state index in [1.807, 2.05) is 0 Å². The summed E-state index contributed by atoms with van der Waals surface area (Å²) >= 11 is 3.27. The summed E-state index contributed by atoms with van der Waals surface area (Å²) in [5, 5.41) is 11.7. The highest BCUT2D eigenvalue weighted by Gasteiger charge is 2.28. The van der Waals surface area contributed by atoms with Gasteiger partial charge in [0.1, 0.15) is 11.4 Å². The second-order valence-electron chi connectivity index (χ2n) is 5.30. The van der Waals surface area contributed by atoms with E-state index >= 15 is 0 Å². The van der Waals surface area contributed by atoms with Gasteiger partial charge in [0.15, 0.2) is 6.04 Å². The van der Waals surface area contributed by atoms with Gasteiger partial charge in [-0.25, -0.2) is 9.59 Å². The van der Waals surface area contributed by atoms with Crippen LogP contribution in [0.5, 0.6) is 5.75 Å². The van der Waals surface area contributed by atoms with Crippen molar-refractivity contribution in [3.05, 3.63) is 28.2 Å². The number of carbonyl (C=O) groups excluding carboxylic acids is 1. The van der Waals surface area contributed by atoms with Gasteiger partial charge in [0.05, 0.1) is 7.11 Å². The molecule has 1 aromatic carbocycles. The van der Waals surface area contributed by atoms with E-state index in [1.165, 1.54) is 7.11 Å². The number of alkyl carbamates (subject to hydrolysis) is 1. The van der Waals surface area contributed by atoms with Crippen LogP contribution in [0.4, 0.5) is 4.79 Å². The average Bonchev–Trinajstić information content (AvgIpc) is 2.33. The van der Waals surface area contributed by atoms with Crippen LogP contribution in [0, 0.1) is 0 Å². The molecule has 1 rings (SSSR count). The summed E-state index contributed by atoms with van der Waals surface area (Å²) in [7, 11) is 1.43. The maximum absolute atomic E-state index is 11.8. The summed E-state index contributed by atoms with van der Waals surface area (Å²) in [4.78, 5) is 23.2. The molecule has 1 aromatic rings. The Labute approximate surface area is 131 Å². The quantitative estimate of drug-likeness (QED) is 0.862. The number of nitrogens with one attached hydrogen (secondary N) is 1. The van der Waals surface area contributed by atoms with Crippen LogP contribution in [0.15, 0.2) is 22.7 Å². The monoisotopic (exact) mass is 359 g/mol. The maximum atomic E-state index is 11.8. The Morgan fingerprint density at radius 1 is 1.33 bits per heavy atom. The van der Waals surface area contributed by atoms with Crippen molar-refractivity contribution in [2.75, 3.05) is 7.11 Å². The van der Waals surface area contributed by atoms with Gasteiger partial charge < -0.3 is 19.9 Å². The zero-order valence-electron chi connectivity index (χ0n) is 12.3. The Hall–Kier alpha value is -1.76. The van der Waals surface area contributed by atoms with Crippen LogP contribution >= 0.6 is 15.9 Å². The molecule has 1 atom stereocenters. The molecule has 0 aliphatic rings. The van der Waals surface area contributed by atoms with Gasteiger partial charge >= 0.3 is 12.1 Å². The number of carbonyl (C=O) groups is 2. The molecule has 0 radical (unpaired) electrons. The maximum Gasteiger partial charge on any atom is 0.408 e. The molecule has 0 unspecified atom stereocenters. The molecule has 0 spiro atoms. The number of aliphatic carboxylic acids is 1. The molecule has 0 aliphatic carbocycles. The molecule has 0 saturated carbocycles. The lowest BCUT2D eigenvalue weighted by Gasteiger charge is -2.23. The summed E-state index contributed by atoms with van der Waals surface area (Å²) in [6, 6.07) is 3.64. The molecule has 0 bridgehead atoms. The minimum atomic E-state index is -1.27. The summed E-state index contributed by atoms with van der Waals surface area (Å²) in [5.74, 6) is -0.848. The molecule has 6 nitrogen and oxygen atoms in total. The second kappa shape index (κ2) is 6.80. The number of ether oxygens (including phenoxy) is 2. The van der Waals surface area contributed by atoms with E-state index in [0.29, 0.717) is 15.8 Å². The third-order valence-electron chi connectivity index (χ3n) is 2.41. The fraction of sp³-hybridized carbons (Fsp3) is 0.429. The minimum Gasteiger partial charge on any atom is -0.496 e. The SMILES string of the molecule is COc1ccc(Br)cc1[C@H](NC(=O)OC(C)(C)C)C(=O)O. The Morgan fingerprint density at radius 2 is 1.95 bits per heavy atom. The molecule has 0 saturated heterocycles. The fourth-order valence-corrected chi connectivity index (χ4v) is 2.01. The molecule has 2 N–H and O–H groups in total. The van der Waals surface area contributed by atoms with Gasteiger partial charge in [0.2, 0.25) is 0 Å². The predicted octanol–water partition coefficient (Wildman–Crippen LogP) is 3.11. The van der Waals surface area contributed by atoms with Crippen molar-refractivity contribution in [1.29, 1.82) is 0 Å². The Morgan fingerprint density at radius 3 is 2.43 bits per heavy atom. The highest BCUT2D eigenvalue weighted by atomic mass is 79.9. The van der Waals surface area contributed by atoms with Crippen LogP contribution in [0.2, 0.25) is 0 Å². The van der Waals surface area contributed by atoms with Gasteiger partial charge in [-0.3, -0.25) is 0 Å². The highest BCUT2D eigenvalue weighted by molar-refractivity contribution is 9.10. The third-order valence-corrected chi connectivity index (χ3v) is 2.90. The van der Waals surface area contributed by atoms with Crippen LogP contribution in [-0.4, -0.2) is 29.9 Å². The number of amides is 1. The number of halogens is 1. The standard InChI is InChI=1S/C14H18BrNO5/c1-14(2,3)21-13(19)16-11(12(17)18)9-7-8(15)5-6-10(9)20-4/h5-7,11H,1-4H3,(H,16,19)(H,17,18)/t11-/m0/s1. The van der Waals surface area contributed by atoms with Gasteiger partial charge in [-0.2, -0.15) is 0 Å². The molecule has 0 fully saturated rings. The first kappa shape index (κ1) is 17.3. The fourth-order valence-electron chi connectivity index (χ4n) is 1.63. The molecular formula is C14H18BrNO5. The van der Waals surface area contributed by atoms with E-state index in [1.54, 1.807) is 39.0 Å². The lowest BCUT2D eigenvalue weighted by molar-refractivity contribution is -0.139. The zero-order chi connectivity index (χ0) is 16.2. The molecular weight excluding hydrogens is 342 g/mol.